The van der Waals surface area contributed by atoms with E-state index in [1.807, 2.05) is 0 Å². The number of rotatable bonds is 10. The topological polar surface area (TPSA) is 27.7 Å². The molecule has 0 aromatic carbocycles. The van der Waals surface area contributed by atoms with Gasteiger partial charge in [-0.1, -0.05) is 20.8 Å². The highest BCUT2D eigenvalue weighted by molar-refractivity contribution is 7.80. The van der Waals surface area contributed by atoms with Gasteiger partial charge in [0.15, 0.2) is 0 Å². The Labute approximate surface area is 113 Å². The quantitative estimate of drug-likeness (QED) is 0.490. The van der Waals surface area contributed by atoms with E-state index < -0.39 is 8.80 Å². The molecule has 0 fully saturated rings. The Bertz CT molecular complexity index is 186. The molecule has 5 heteroatoms. The number of thiol groups is 1. The molecule has 0 saturated carbocycles. The van der Waals surface area contributed by atoms with Crippen LogP contribution in [0, 0.1) is 0 Å². The maximum atomic E-state index is 6.33. The zero-order chi connectivity index (χ0) is 13.4. The maximum Gasteiger partial charge on any atom is 0.500 e. The third-order valence-electron chi connectivity index (χ3n) is 3.51. The molecular formula is C12H28O3SSi. The Kier molecular flexibility index (Phi) is 8.76. The lowest BCUT2D eigenvalue weighted by Crippen LogP contribution is -2.51. The molecule has 0 atom stereocenters. The molecule has 0 aliphatic rings. The summed E-state index contributed by atoms with van der Waals surface area (Å²) >= 11 is 4.28. The van der Waals surface area contributed by atoms with Gasteiger partial charge in [0, 0.05) is 20.3 Å². The first kappa shape index (κ1) is 17.4. The summed E-state index contributed by atoms with van der Waals surface area (Å²) in [6.07, 6.45) is 4.05. The summed E-state index contributed by atoms with van der Waals surface area (Å²) in [7, 11) is 0.907. The van der Waals surface area contributed by atoms with Gasteiger partial charge < -0.3 is 13.3 Å². The molecule has 0 heterocycles. The van der Waals surface area contributed by atoms with Gasteiger partial charge in [-0.25, -0.2) is 0 Å². The standard InChI is InChI=1S/C12H28O3SSi/c1-6-12(7-2,10-9-11-16)15-17(8-3,13-4)14-5/h16H,6-11H2,1-5H3. The molecule has 0 aromatic heterocycles. The second-order valence-corrected chi connectivity index (χ2v) is 7.81. The smallest absolute Gasteiger partial charge is 0.377 e. The molecule has 0 bridgehead atoms. The van der Waals surface area contributed by atoms with Crippen molar-refractivity contribution >= 4 is 21.4 Å². The first-order valence-corrected chi connectivity index (χ1v) is 9.05. The van der Waals surface area contributed by atoms with E-state index in [2.05, 4.69) is 33.4 Å². The van der Waals surface area contributed by atoms with Crippen LogP contribution in [0.1, 0.15) is 46.5 Å². The molecule has 0 aliphatic heterocycles. The molecular weight excluding hydrogens is 252 g/mol. The Morgan fingerprint density at radius 3 is 1.88 bits per heavy atom. The van der Waals surface area contributed by atoms with Crippen LogP contribution in [0.3, 0.4) is 0 Å². The summed E-state index contributed by atoms with van der Waals surface area (Å²) in [4.78, 5) is 0. The summed E-state index contributed by atoms with van der Waals surface area (Å²) in [5.41, 5.74) is -0.114. The van der Waals surface area contributed by atoms with Gasteiger partial charge in [0.25, 0.3) is 0 Å². The summed E-state index contributed by atoms with van der Waals surface area (Å²) in [6, 6.07) is 0.808. The average molecular weight is 281 g/mol. The van der Waals surface area contributed by atoms with Crippen molar-refractivity contribution < 1.29 is 13.3 Å². The summed E-state index contributed by atoms with van der Waals surface area (Å²) in [6.45, 7) is 6.40. The van der Waals surface area contributed by atoms with E-state index in [4.69, 9.17) is 13.3 Å². The van der Waals surface area contributed by atoms with E-state index in [1.165, 1.54) is 0 Å². The van der Waals surface area contributed by atoms with Gasteiger partial charge in [-0.15, -0.1) is 0 Å². The molecule has 17 heavy (non-hydrogen) atoms. The summed E-state index contributed by atoms with van der Waals surface area (Å²) in [5, 5.41) is 0. The SMILES string of the molecule is CCC(CC)(CCCS)O[Si](CC)(OC)OC. The van der Waals surface area contributed by atoms with Crippen LogP contribution >= 0.6 is 12.6 Å². The maximum absolute atomic E-state index is 6.33. The molecule has 0 amide bonds. The Hall–Kier alpha value is 0.447. The minimum Gasteiger partial charge on any atom is -0.377 e. The highest BCUT2D eigenvalue weighted by Crippen LogP contribution is 2.32. The van der Waals surface area contributed by atoms with Crippen LogP contribution in [0.2, 0.25) is 6.04 Å². The van der Waals surface area contributed by atoms with Gasteiger partial charge in [-0.05, 0) is 31.4 Å². The van der Waals surface area contributed by atoms with Crippen LogP contribution in [-0.4, -0.2) is 34.4 Å². The zero-order valence-electron chi connectivity index (χ0n) is 11.9. The molecule has 0 saturated heterocycles. The van der Waals surface area contributed by atoms with Crippen molar-refractivity contribution in [3.05, 3.63) is 0 Å². The predicted octanol–water partition coefficient (Wildman–Crippen LogP) is 3.52. The predicted molar refractivity (Wildman–Crippen MR) is 77.7 cm³/mol. The van der Waals surface area contributed by atoms with Crippen molar-refractivity contribution in [2.75, 3.05) is 20.0 Å². The minimum absolute atomic E-state index is 0.114. The van der Waals surface area contributed by atoms with Crippen LogP contribution in [0.25, 0.3) is 0 Å². The van der Waals surface area contributed by atoms with Gasteiger partial charge in [0.1, 0.15) is 0 Å². The highest BCUT2D eigenvalue weighted by atomic mass is 32.1. The van der Waals surface area contributed by atoms with E-state index >= 15 is 0 Å². The normalized spacial score (nSPS) is 13.1. The van der Waals surface area contributed by atoms with Crippen molar-refractivity contribution in [3.8, 4) is 0 Å². The first-order valence-electron chi connectivity index (χ1n) is 6.48. The first-order chi connectivity index (χ1) is 8.07. The molecule has 0 aliphatic carbocycles. The molecule has 104 valence electrons. The molecule has 0 aromatic rings. The molecule has 3 nitrogen and oxygen atoms in total. The van der Waals surface area contributed by atoms with Gasteiger partial charge >= 0.3 is 8.80 Å². The highest BCUT2D eigenvalue weighted by Gasteiger charge is 2.44. The fraction of sp³-hybridized carbons (Fsp3) is 1.00. The number of hydrogen-bond acceptors (Lipinski definition) is 4. The van der Waals surface area contributed by atoms with Crippen LogP contribution < -0.4 is 0 Å². The van der Waals surface area contributed by atoms with E-state index in [1.54, 1.807) is 14.2 Å². The lowest BCUT2D eigenvalue weighted by Gasteiger charge is -2.39. The van der Waals surface area contributed by atoms with Crippen LogP contribution in [-0.2, 0) is 13.3 Å². The Balaban J connectivity index is 4.81. The largest absolute Gasteiger partial charge is 0.500 e. The number of hydrogen-bond donors (Lipinski definition) is 1. The lowest BCUT2D eigenvalue weighted by molar-refractivity contribution is -0.0281. The summed E-state index contributed by atoms with van der Waals surface area (Å²) in [5.74, 6) is 0.895. The summed E-state index contributed by atoms with van der Waals surface area (Å²) < 4.78 is 17.4. The third-order valence-corrected chi connectivity index (χ3v) is 6.68. The van der Waals surface area contributed by atoms with Crippen LogP contribution in [0.4, 0.5) is 0 Å². The molecule has 0 rings (SSSR count). The Morgan fingerprint density at radius 2 is 1.59 bits per heavy atom. The molecule has 0 N–H and O–H groups in total. The van der Waals surface area contributed by atoms with Gasteiger partial charge in [-0.3, -0.25) is 0 Å². The monoisotopic (exact) mass is 280 g/mol. The second kappa shape index (κ2) is 8.53. The molecule has 0 unspecified atom stereocenters. The van der Waals surface area contributed by atoms with Crippen LogP contribution in [0.15, 0.2) is 0 Å². The van der Waals surface area contributed by atoms with E-state index in [9.17, 15) is 0 Å². The van der Waals surface area contributed by atoms with E-state index in [0.29, 0.717) is 0 Å². The van der Waals surface area contributed by atoms with Crippen molar-refractivity contribution in [1.82, 2.24) is 0 Å². The van der Waals surface area contributed by atoms with Crippen molar-refractivity contribution in [3.63, 3.8) is 0 Å². The molecule has 0 radical (unpaired) electrons. The van der Waals surface area contributed by atoms with Crippen molar-refractivity contribution in [1.29, 1.82) is 0 Å². The molecule has 0 spiro atoms. The van der Waals surface area contributed by atoms with Crippen molar-refractivity contribution in [2.24, 2.45) is 0 Å². The van der Waals surface area contributed by atoms with Gasteiger partial charge in [0.2, 0.25) is 0 Å². The van der Waals surface area contributed by atoms with Crippen molar-refractivity contribution in [2.45, 2.75) is 58.1 Å². The van der Waals surface area contributed by atoms with Gasteiger partial charge in [-0.2, -0.15) is 12.6 Å². The van der Waals surface area contributed by atoms with Gasteiger partial charge in [0.05, 0.1) is 5.60 Å². The van der Waals surface area contributed by atoms with E-state index in [-0.39, 0.29) is 5.60 Å². The Morgan fingerprint density at radius 1 is 1.06 bits per heavy atom. The average Bonchev–Trinajstić information content (AvgIpc) is 2.41. The third kappa shape index (κ3) is 4.91. The van der Waals surface area contributed by atoms with E-state index in [0.717, 1.165) is 37.5 Å². The lowest BCUT2D eigenvalue weighted by atomic mass is 9.92. The zero-order valence-corrected chi connectivity index (χ0v) is 13.8. The van der Waals surface area contributed by atoms with Crippen LogP contribution in [0.5, 0.6) is 0 Å². The minimum atomic E-state index is -2.47. The fourth-order valence-corrected chi connectivity index (χ4v) is 4.32. The fourth-order valence-electron chi connectivity index (χ4n) is 2.06. The second-order valence-electron chi connectivity index (χ2n) is 4.26.